The molecule has 0 radical (unpaired) electrons. The number of ether oxygens (including phenoxy) is 2. The molecule has 0 bridgehead atoms. The summed E-state index contributed by atoms with van der Waals surface area (Å²) >= 11 is 2.07. The second kappa shape index (κ2) is 15.6. The first-order valence-electron chi connectivity index (χ1n) is 15.1. The smallest absolute Gasteiger partial charge is 0.247 e. The number of hydrogen-bond donors (Lipinski definition) is 5. The van der Waals surface area contributed by atoms with Crippen LogP contribution in [0.4, 0.5) is 0 Å². The predicted octanol–water partition coefficient (Wildman–Crippen LogP) is 3.50. The molecular formula is C35H38IN3O7. The Labute approximate surface area is 281 Å². The molecule has 0 fully saturated rings. The van der Waals surface area contributed by atoms with Crippen LogP contribution in [0.25, 0.3) is 10.9 Å². The Hall–Kier alpha value is -3.91. The molecule has 10 nitrogen and oxygen atoms in total. The number of H-pyrrole nitrogens is 1. The van der Waals surface area contributed by atoms with E-state index in [1.807, 2.05) is 54.6 Å². The molecule has 3 atom stereocenters. The summed E-state index contributed by atoms with van der Waals surface area (Å²) in [5, 5.41) is 34.7. The number of hydrogen-bond acceptors (Lipinski definition) is 7. The van der Waals surface area contributed by atoms with Crippen molar-refractivity contribution in [2.75, 3.05) is 26.8 Å². The fourth-order valence-electron chi connectivity index (χ4n) is 5.75. The van der Waals surface area contributed by atoms with E-state index in [2.05, 4.69) is 39.0 Å². The van der Waals surface area contributed by atoms with Gasteiger partial charge in [-0.05, 0) is 69.4 Å². The monoisotopic (exact) mass is 739 g/mol. The van der Waals surface area contributed by atoms with Gasteiger partial charge >= 0.3 is 0 Å². The average molecular weight is 740 g/mol. The SMILES string of the molecule is COc1cc(CO)cc(I)c1OC1C=C(C(=O)NCCO)CC(N(CCc2cc3ccccc3[nH]2)C(=O)Cc2ccccc2)C1O. The number of aromatic nitrogens is 1. The molecule has 0 saturated carbocycles. The largest absolute Gasteiger partial charge is 0.493 e. The third kappa shape index (κ3) is 7.89. The van der Waals surface area contributed by atoms with Gasteiger partial charge in [0.15, 0.2) is 11.5 Å². The number of nitrogens with zero attached hydrogens (tertiary/aromatic N) is 1. The maximum absolute atomic E-state index is 14.1. The number of carbonyl (C=O) groups is 2. The van der Waals surface area contributed by atoms with E-state index in [4.69, 9.17) is 9.47 Å². The first kappa shape index (κ1) is 33.5. The number of nitrogens with one attached hydrogen (secondary N) is 2. The number of fused-ring (bicyclic) bond motifs is 1. The molecule has 1 aliphatic carbocycles. The molecule has 3 aromatic carbocycles. The summed E-state index contributed by atoms with van der Waals surface area (Å²) in [6.07, 6.45) is 0.0517. The number of amides is 2. The van der Waals surface area contributed by atoms with Gasteiger partial charge in [0.1, 0.15) is 12.2 Å². The average Bonchev–Trinajstić information content (AvgIpc) is 3.49. The van der Waals surface area contributed by atoms with Crippen LogP contribution in [0.1, 0.15) is 23.2 Å². The van der Waals surface area contributed by atoms with E-state index in [0.717, 1.165) is 22.2 Å². The Balaban J connectivity index is 1.49. The molecule has 0 aliphatic heterocycles. The van der Waals surface area contributed by atoms with E-state index in [-0.39, 0.29) is 45.1 Å². The summed E-state index contributed by atoms with van der Waals surface area (Å²) in [6, 6.07) is 22.0. The first-order chi connectivity index (χ1) is 22.3. The van der Waals surface area contributed by atoms with Crippen molar-refractivity contribution in [3.8, 4) is 11.5 Å². The van der Waals surface area contributed by atoms with Crippen molar-refractivity contribution < 1.29 is 34.4 Å². The van der Waals surface area contributed by atoms with Gasteiger partial charge in [0.2, 0.25) is 11.8 Å². The maximum atomic E-state index is 14.1. The van der Waals surface area contributed by atoms with Crippen LogP contribution in [0.15, 0.2) is 84.4 Å². The molecule has 0 spiro atoms. The lowest BCUT2D eigenvalue weighted by Gasteiger charge is -2.40. The number of para-hydroxylation sites is 1. The van der Waals surface area contributed by atoms with E-state index < -0.39 is 24.2 Å². The summed E-state index contributed by atoms with van der Waals surface area (Å²) < 4.78 is 12.6. The molecule has 11 heteroatoms. The van der Waals surface area contributed by atoms with Gasteiger partial charge in [0.25, 0.3) is 0 Å². The van der Waals surface area contributed by atoms with Gasteiger partial charge < -0.3 is 40.0 Å². The Morgan fingerprint density at radius 2 is 1.80 bits per heavy atom. The Morgan fingerprint density at radius 1 is 1.04 bits per heavy atom. The second-order valence-electron chi connectivity index (χ2n) is 11.2. The van der Waals surface area contributed by atoms with E-state index in [1.54, 1.807) is 23.1 Å². The number of methoxy groups -OCH3 is 1. The van der Waals surface area contributed by atoms with Crippen molar-refractivity contribution in [1.29, 1.82) is 0 Å². The zero-order valence-corrected chi connectivity index (χ0v) is 27.6. The third-order valence-electron chi connectivity index (χ3n) is 8.07. The summed E-state index contributed by atoms with van der Waals surface area (Å²) in [6.45, 7) is -0.0840. The maximum Gasteiger partial charge on any atom is 0.247 e. The van der Waals surface area contributed by atoms with Crippen LogP contribution in [-0.4, -0.2) is 82.1 Å². The summed E-state index contributed by atoms with van der Waals surface area (Å²) in [5.41, 5.74) is 3.73. The number of carbonyl (C=O) groups excluding carboxylic acids is 2. The van der Waals surface area contributed by atoms with Gasteiger partial charge in [-0.3, -0.25) is 9.59 Å². The lowest BCUT2D eigenvalue weighted by molar-refractivity contribution is -0.137. The number of aliphatic hydroxyl groups is 3. The standard InChI is InChI=1S/C35H38IN3O7/c1-45-31-16-23(21-41)15-27(36)34(31)46-30-20-25(35(44)37-12-14-40)19-29(33(30)43)39(32(42)17-22-7-3-2-4-8-22)13-11-26-18-24-9-5-6-10-28(24)38-26/h2-10,15-16,18,20,29-30,33,38,40-41,43H,11-14,17,19,21H2,1H3,(H,37,44). The molecule has 46 heavy (non-hydrogen) atoms. The molecule has 3 unspecified atom stereocenters. The highest BCUT2D eigenvalue weighted by Gasteiger charge is 2.41. The minimum absolute atomic E-state index is 0.0558. The lowest BCUT2D eigenvalue weighted by atomic mass is 9.87. The van der Waals surface area contributed by atoms with E-state index in [0.29, 0.717) is 32.6 Å². The van der Waals surface area contributed by atoms with Gasteiger partial charge in [0, 0.05) is 42.7 Å². The molecule has 2 amide bonds. The summed E-state index contributed by atoms with van der Waals surface area (Å²) in [4.78, 5) is 32.4. The normalized spacial score (nSPS) is 17.8. The van der Waals surface area contributed by atoms with Crippen molar-refractivity contribution in [2.45, 2.75) is 44.1 Å². The number of halogens is 1. The van der Waals surface area contributed by atoms with Crippen molar-refractivity contribution in [3.63, 3.8) is 0 Å². The number of rotatable bonds is 13. The minimum Gasteiger partial charge on any atom is -0.493 e. The molecule has 1 aromatic heterocycles. The summed E-state index contributed by atoms with van der Waals surface area (Å²) in [5.74, 6) is 0.0990. The summed E-state index contributed by atoms with van der Waals surface area (Å²) in [7, 11) is 1.48. The van der Waals surface area contributed by atoms with Crippen LogP contribution in [0.2, 0.25) is 0 Å². The quantitative estimate of drug-likeness (QED) is 0.132. The van der Waals surface area contributed by atoms with Crippen LogP contribution in [0, 0.1) is 3.57 Å². The van der Waals surface area contributed by atoms with Crippen molar-refractivity contribution >= 4 is 45.3 Å². The Kier molecular flexibility index (Phi) is 11.3. The number of aliphatic hydroxyl groups excluding tert-OH is 3. The molecule has 1 heterocycles. The molecular weight excluding hydrogens is 701 g/mol. The Morgan fingerprint density at radius 3 is 2.52 bits per heavy atom. The van der Waals surface area contributed by atoms with Crippen molar-refractivity contribution in [1.82, 2.24) is 15.2 Å². The molecule has 0 saturated heterocycles. The lowest BCUT2D eigenvalue weighted by Crippen LogP contribution is -2.56. The predicted molar refractivity (Wildman–Crippen MR) is 183 cm³/mol. The minimum atomic E-state index is -1.20. The van der Waals surface area contributed by atoms with Crippen molar-refractivity contribution in [3.05, 3.63) is 105 Å². The highest BCUT2D eigenvalue weighted by molar-refractivity contribution is 14.1. The van der Waals surface area contributed by atoms with Crippen LogP contribution < -0.4 is 14.8 Å². The highest BCUT2D eigenvalue weighted by Crippen LogP contribution is 2.37. The topological polar surface area (TPSA) is 144 Å². The van der Waals surface area contributed by atoms with E-state index >= 15 is 0 Å². The van der Waals surface area contributed by atoms with Crippen LogP contribution in [0.3, 0.4) is 0 Å². The molecule has 1 aliphatic rings. The van der Waals surface area contributed by atoms with Crippen LogP contribution >= 0.6 is 22.6 Å². The zero-order valence-electron chi connectivity index (χ0n) is 25.5. The van der Waals surface area contributed by atoms with Crippen LogP contribution in [-0.2, 0) is 29.0 Å². The van der Waals surface area contributed by atoms with E-state index in [9.17, 15) is 24.9 Å². The second-order valence-corrected chi connectivity index (χ2v) is 12.3. The van der Waals surface area contributed by atoms with Gasteiger partial charge in [0.05, 0.1) is 36.4 Å². The molecule has 4 aromatic rings. The van der Waals surface area contributed by atoms with Gasteiger partial charge in [-0.25, -0.2) is 0 Å². The van der Waals surface area contributed by atoms with Gasteiger partial charge in [-0.1, -0.05) is 48.5 Å². The van der Waals surface area contributed by atoms with Crippen molar-refractivity contribution in [2.24, 2.45) is 0 Å². The fourth-order valence-corrected chi connectivity index (χ4v) is 6.54. The highest BCUT2D eigenvalue weighted by atomic mass is 127. The zero-order chi connectivity index (χ0) is 32.6. The fraction of sp³-hybridized carbons (Fsp3) is 0.314. The van der Waals surface area contributed by atoms with Gasteiger partial charge in [-0.15, -0.1) is 0 Å². The first-order valence-corrected chi connectivity index (χ1v) is 16.2. The molecule has 242 valence electrons. The van der Waals surface area contributed by atoms with Crippen LogP contribution in [0.5, 0.6) is 11.5 Å². The third-order valence-corrected chi connectivity index (χ3v) is 8.87. The number of benzene rings is 3. The van der Waals surface area contributed by atoms with Gasteiger partial charge in [-0.2, -0.15) is 0 Å². The molecule has 5 rings (SSSR count). The van der Waals surface area contributed by atoms with E-state index in [1.165, 1.54) is 7.11 Å². The molecule has 5 N–H and O–H groups in total. The number of aromatic amines is 1. The Bertz CT molecular complexity index is 1660.